The summed E-state index contributed by atoms with van der Waals surface area (Å²) in [5.74, 6) is 1.21. The number of carbonyl (C=O) groups excluding carboxylic acids is 1. The molecule has 0 radical (unpaired) electrons. The zero-order chi connectivity index (χ0) is 21.5. The van der Waals surface area contributed by atoms with Gasteiger partial charge in [-0.05, 0) is 49.1 Å². The number of likely N-dealkylation sites (tertiary alicyclic amines) is 1. The number of aromatic amines is 1. The summed E-state index contributed by atoms with van der Waals surface area (Å²) in [4.78, 5) is 29.4. The van der Waals surface area contributed by atoms with E-state index in [0.717, 1.165) is 42.8 Å². The van der Waals surface area contributed by atoms with Gasteiger partial charge in [-0.2, -0.15) is 0 Å². The highest BCUT2D eigenvalue weighted by atomic mass is 16.5. The van der Waals surface area contributed by atoms with Crippen LogP contribution < -0.4 is 10.3 Å². The molecule has 7 heteroatoms. The molecule has 31 heavy (non-hydrogen) atoms. The van der Waals surface area contributed by atoms with Crippen LogP contribution in [0.4, 0.5) is 0 Å². The Morgan fingerprint density at radius 1 is 0.968 bits per heavy atom. The predicted molar refractivity (Wildman–Crippen MR) is 118 cm³/mol. The molecular weight excluding hydrogens is 392 g/mol. The van der Waals surface area contributed by atoms with Crippen molar-refractivity contribution in [3.05, 3.63) is 76.2 Å². The van der Waals surface area contributed by atoms with Crippen LogP contribution in [-0.2, 0) is 17.8 Å². The average Bonchev–Trinajstić information content (AvgIpc) is 2.83. The molecule has 1 amide bonds. The number of hydrogen-bond acceptors (Lipinski definition) is 5. The summed E-state index contributed by atoms with van der Waals surface area (Å²) >= 11 is 0. The summed E-state index contributed by atoms with van der Waals surface area (Å²) in [5, 5.41) is 8.23. The van der Waals surface area contributed by atoms with Gasteiger partial charge in [-0.1, -0.05) is 30.3 Å². The number of amides is 1. The lowest BCUT2D eigenvalue weighted by atomic mass is 10.1. The van der Waals surface area contributed by atoms with Crippen LogP contribution in [0, 0.1) is 0 Å². The standard InChI is InChI=1S/C24H26N4O3/c29-22(28-15-5-2-6-16-28)14-13-21-24(30)25-23(27-26-21)19-9-11-20(12-10-19)31-17-18-7-3-1-4-8-18/h1,3-4,7-12H,2,5-6,13-17H2,(H,25,27,30). The number of hydrogen-bond donors (Lipinski definition) is 1. The summed E-state index contributed by atoms with van der Waals surface area (Å²) in [5.41, 5.74) is 1.82. The smallest absolute Gasteiger partial charge is 0.273 e. The molecule has 0 saturated carbocycles. The van der Waals surface area contributed by atoms with Crippen molar-refractivity contribution in [1.29, 1.82) is 0 Å². The quantitative estimate of drug-likeness (QED) is 0.636. The van der Waals surface area contributed by atoms with Gasteiger partial charge >= 0.3 is 0 Å². The van der Waals surface area contributed by atoms with Crippen molar-refractivity contribution in [2.75, 3.05) is 13.1 Å². The zero-order valence-electron chi connectivity index (χ0n) is 17.4. The van der Waals surface area contributed by atoms with Crippen LogP contribution in [0.1, 0.15) is 36.9 Å². The summed E-state index contributed by atoms with van der Waals surface area (Å²) in [6.07, 6.45) is 3.86. The second kappa shape index (κ2) is 10.0. The molecular formula is C24H26N4O3. The third kappa shape index (κ3) is 5.57. The van der Waals surface area contributed by atoms with Crippen molar-refractivity contribution in [1.82, 2.24) is 20.1 Å². The molecule has 1 aliphatic heterocycles. The highest BCUT2D eigenvalue weighted by Crippen LogP contribution is 2.19. The third-order valence-corrected chi connectivity index (χ3v) is 5.43. The van der Waals surface area contributed by atoms with Gasteiger partial charge in [0.05, 0.1) is 0 Å². The number of H-pyrrole nitrogens is 1. The first-order valence-electron chi connectivity index (χ1n) is 10.7. The van der Waals surface area contributed by atoms with Gasteiger partial charge in [0.25, 0.3) is 5.56 Å². The minimum Gasteiger partial charge on any atom is -0.489 e. The second-order valence-electron chi connectivity index (χ2n) is 7.69. The van der Waals surface area contributed by atoms with E-state index in [4.69, 9.17) is 4.74 Å². The number of nitrogens with zero attached hydrogens (tertiary/aromatic N) is 3. The van der Waals surface area contributed by atoms with Gasteiger partial charge in [-0.15, -0.1) is 10.2 Å². The summed E-state index contributed by atoms with van der Waals surface area (Å²) in [6.45, 7) is 2.11. The monoisotopic (exact) mass is 418 g/mol. The first-order chi connectivity index (χ1) is 15.2. The fourth-order valence-electron chi connectivity index (χ4n) is 3.63. The highest BCUT2D eigenvalue weighted by molar-refractivity contribution is 5.76. The average molecular weight is 418 g/mol. The normalized spacial score (nSPS) is 13.7. The van der Waals surface area contributed by atoms with Crippen LogP contribution >= 0.6 is 0 Å². The van der Waals surface area contributed by atoms with Gasteiger partial charge in [-0.25, -0.2) is 0 Å². The topological polar surface area (TPSA) is 88.2 Å². The SMILES string of the molecule is O=C(CCc1nnc(-c2ccc(OCc3ccccc3)cc2)[nH]c1=O)N1CCCCC1. The van der Waals surface area contributed by atoms with E-state index in [0.29, 0.717) is 18.9 Å². The second-order valence-corrected chi connectivity index (χ2v) is 7.69. The maximum Gasteiger partial charge on any atom is 0.273 e. The molecule has 1 aromatic heterocycles. The first-order valence-corrected chi connectivity index (χ1v) is 10.7. The van der Waals surface area contributed by atoms with E-state index < -0.39 is 0 Å². The van der Waals surface area contributed by atoms with E-state index in [1.807, 2.05) is 59.5 Å². The summed E-state index contributed by atoms with van der Waals surface area (Å²) in [6, 6.07) is 17.3. The van der Waals surface area contributed by atoms with Crippen molar-refractivity contribution in [3.8, 4) is 17.1 Å². The molecule has 1 fully saturated rings. The largest absolute Gasteiger partial charge is 0.489 e. The van der Waals surface area contributed by atoms with Gasteiger partial charge < -0.3 is 14.6 Å². The van der Waals surface area contributed by atoms with Crippen molar-refractivity contribution in [2.24, 2.45) is 0 Å². The molecule has 0 aliphatic carbocycles. The van der Waals surface area contributed by atoms with E-state index in [1.165, 1.54) is 6.42 Å². The van der Waals surface area contributed by atoms with Crippen LogP contribution in [0.5, 0.6) is 5.75 Å². The number of benzene rings is 2. The Hall–Kier alpha value is -3.48. The van der Waals surface area contributed by atoms with Crippen LogP contribution in [-0.4, -0.2) is 39.1 Å². The third-order valence-electron chi connectivity index (χ3n) is 5.43. The van der Waals surface area contributed by atoms with E-state index in [9.17, 15) is 9.59 Å². The lowest BCUT2D eigenvalue weighted by molar-refractivity contribution is -0.132. The maximum atomic E-state index is 12.4. The van der Waals surface area contributed by atoms with Gasteiger partial charge in [0.15, 0.2) is 5.82 Å². The Kier molecular flexibility index (Phi) is 6.72. The van der Waals surface area contributed by atoms with Gasteiger partial charge in [0.2, 0.25) is 5.91 Å². The summed E-state index contributed by atoms with van der Waals surface area (Å²) in [7, 11) is 0. The maximum absolute atomic E-state index is 12.4. The molecule has 0 atom stereocenters. The number of rotatable bonds is 7. The van der Waals surface area contributed by atoms with Crippen molar-refractivity contribution < 1.29 is 9.53 Å². The van der Waals surface area contributed by atoms with Crippen molar-refractivity contribution in [3.63, 3.8) is 0 Å². The predicted octanol–water partition coefficient (Wildman–Crippen LogP) is 3.36. The number of carbonyl (C=O) groups is 1. The van der Waals surface area contributed by atoms with Crippen LogP contribution in [0.15, 0.2) is 59.4 Å². The number of ether oxygens (including phenoxy) is 1. The molecule has 1 N–H and O–H groups in total. The van der Waals surface area contributed by atoms with E-state index in [1.54, 1.807) is 0 Å². The molecule has 4 rings (SSSR count). The Bertz CT molecular complexity index is 1060. The molecule has 0 unspecified atom stereocenters. The Labute approximate surface area is 181 Å². The van der Waals surface area contributed by atoms with Crippen LogP contribution in [0.25, 0.3) is 11.4 Å². The van der Waals surface area contributed by atoms with Crippen molar-refractivity contribution >= 4 is 5.91 Å². The molecule has 2 heterocycles. The van der Waals surface area contributed by atoms with Crippen molar-refractivity contribution in [2.45, 2.75) is 38.7 Å². The molecule has 7 nitrogen and oxygen atoms in total. The number of aryl methyl sites for hydroxylation is 1. The van der Waals surface area contributed by atoms with Gasteiger partial charge in [0, 0.05) is 31.5 Å². The lowest BCUT2D eigenvalue weighted by Gasteiger charge is -2.26. The molecule has 3 aromatic rings. The van der Waals surface area contributed by atoms with Crippen LogP contribution in [0.3, 0.4) is 0 Å². The van der Waals surface area contributed by atoms with E-state index in [-0.39, 0.29) is 23.6 Å². The molecule has 0 spiro atoms. The fourth-order valence-corrected chi connectivity index (χ4v) is 3.63. The molecule has 0 bridgehead atoms. The van der Waals surface area contributed by atoms with Crippen LogP contribution in [0.2, 0.25) is 0 Å². The number of piperidine rings is 1. The Morgan fingerprint density at radius 3 is 2.42 bits per heavy atom. The Morgan fingerprint density at radius 2 is 1.71 bits per heavy atom. The minimum absolute atomic E-state index is 0.0797. The first kappa shape index (κ1) is 20.8. The Balaban J connectivity index is 1.35. The fraction of sp³-hybridized carbons (Fsp3) is 0.333. The number of nitrogens with one attached hydrogen (secondary N) is 1. The van der Waals surface area contributed by atoms with Gasteiger partial charge in [0.1, 0.15) is 18.1 Å². The van der Waals surface area contributed by atoms with Gasteiger partial charge in [-0.3, -0.25) is 9.59 Å². The number of aromatic nitrogens is 3. The minimum atomic E-state index is -0.305. The van der Waals surface area contributed by atoms with E-state index >= 15 is 0 Å². The molecule has 1 aliphatic rings. The van der Waals surface area contributed by atoms with E-state index in [2.05, 4.69) is 15.2 Å². The zero-order valence-corrected chi connectivity index (χ0v) is 17.4. The lowest BCUT2D eigenvalue weighted by Crippen LogP contribution is -2.36. The summed E-state index contributed by atoms with van der Waals surface area (Å²) < 4.78 is 5.79. The highest BCUT2D eigenvalue weighted by Gasteiger charge is 2.17. The molecule has 2 aromatic carbocycles. The molecule has 160 valence electrons. The molecule has 1 saturated heterocycles.